The van der Waals surface area contributed by atoms with Gasteiger partial charge in [-0.2, -0.15) is 0 Å². The van der Waals surface area contributed by atoms with Gasteiger partial charge < -0.3 is 10.2 Å². The summed E-state index contributed by atoms with van der Waals surface area (Å²) >= 11 is 0. The van der Waals surface area contributed by atoms with E-state index in [2.05, 4.69) is 53.5 Å². The number of aryl methyl sites for hydroxylation is 1. The molecule has 4 nitrogen and oxygen atoms in total. The van der Waals surface area contributed by atoms with Crippen molar-refractivity contribution in [2.45, 2.75) is 31.7 Å². The van der Waals surface area contributed by atoms with Crippen molar-refractivity contribution in [2.75, 3.05) is 40.3 Å². The Bertz CT molecular complexity index is 751. The van der Waals surface area contributed by atoms with E-state index in [9.17, 15) is 4.79 Å². The van der Waals surface area contributed by atoms with Crippen molar-refractivity contribution >= 4 is 5.91 Å². The number of likely N-dealkylation sites (N-methyl/N-ethyl adjacent to an activating group) is 1. The van der Waals surface area contributed by atoms with E-state index in [1.807, 2.05) is 37.2 Å². The van der Waals surface area contributed by atoms with Crippen LogP contribution in [0.1, 0.15) is 41.5 Å². The standard InChI is InChI=1S/C24H33N3O/c1-19-9-7-8-12-22(19)23(26(2)3)24(28)25-15-18-27-16-13-21(14-17-27)20-10-5-4-6-11-20/h4-12,21,23H,13-18H2,1-3H3,(H,25,28). The molecule has 2 aromatic rings. The zero-order valence-corrected chi connectivity index (χ0v) is 17.4. The Hall–Kier alpha value is -2.17. The molecule has 28 heavy (non-hydrogen) atoms. The highest BCUT2D eigenvalue weighted by atomic mass is 16.2. The fraction of sp³-hybridized carbons (Fsp3) is 0.458. The van der Waals surface area contributed by atoms with Gasteiger partial charge in [-0.1, -0.05) is 54.6 Å². The molecule has 2 aromatic carbocycles. The Labute approximate surface area is 169 Å². The highest BCUT2D eigenvalue weighted by Crippen LogP contribution is 2.27. The number of rotatable bonds is 7. The van der Waals surface area contributed by atoms with Crippen molar-refractivity contribution in [3.05, 3.63) is 71.3 Å². The Balaban J connectivity index is 1.47. The predicted octanol–water partition coefficient (Wildman–Crippen LogP) is 3.59. The Morgan fingerprint density at radius 1 is 1.07 bits per heavy atom. The molecule has 1 unspecified atom stereocenters. The van der Waals surface area contributed by atoms with Gasteiger partial charge in [-0.3, -0.25) is 9.69 Å². The van der Waals surface area contributed by atoms with Crippen molar-refractivity contribution in [1.29, 1.82) is 0 Å². The topological polar surface area (TPSA) is 35.6 Å². The zero-order valence-electron chi connectivity index (χ0n) is 17.4. The SMILES string of the molecule is Cc1ccccc1C(C(=O)NCCN1CCC(c2ccccc2)CC1)N(C)C. The number of piperidine rings is 1. The average molecular weight is 380 g/mol. The van der Waals surface area contributed by atoms with Crippen LogP contribution in [0.25, 0.3) is 0 Å². The van der Waals surface area contributed by atoms with Crippen LogP contribution in [0.3, 0.4) is 0 Å². The molecule has 1 heterocycles. The number of nitrogens with one attached hydrogen (secondary N) is 1. The molecule has 0 saturated carbocycles. The van der Waals surface area contributed by atoms with Gasteiger partial charge in [0.25, 0.3) is 0 Å². The van der Waals surface area contributed by atoms with Crippen LogP contribution in [0.4, 0.5) is 0 Å². The van der Waals surface area contributed by atoms with Gasteiger partial charge in [0, 0.05) is 13.1 Å². The van der Waals surface area contributed by atoms with Gasteiger partial charge in [-0.15, -0.1) is 0 Å². The first-order valence-corrected chi connectivity index (χ1v) is 10.3. The van der Waals surface area contributed by atoms with Crippen molar-refractivity contribution in [3.8, 4) is 0 Å². The van der Waals surface area contributed by atoms with Gasteiger partial charge in [-0.05, 0) is 69.6 Å². The van der Waals surface area contributed by atoms with E-state index in [-0.39, 0.29) is 11.9 Å². The van der Waals surface area contributed by atoms with E-state index in [0.29, 0.717) is 12.5 Å². The van der Waals surface area contributed by atoms with Crippen LogP contribution in [0.5, 0.6) is 0 Å². The molecule has 4 heteroatoms. The van der Waals surface area contributed by atoms with Crippen molar-refractivity contribution in [2.24, 2.45) is 0 Å². The second-order valence-corrected chi connectivity index (χ2v) is 8.04. The summed E-state index contributed by atoms with van der Waals surface area (Å²) in [7, 11) is 3.93. The lowest BCUT2D eigenvalue weighted by Gasteiger charge is -2.32. The summed E-state index contributed by atoms with van der Waals surface area (Å²) in [4.78, 5) is 17.3. The maximum Gasteiger partial charge on any atom is 0.241 e. The average Bonchev–Trinajstić information content (AvgIpc) is 2.71. The summed E-state index contributed by atoms with van der Waals surface area (Å²) in [6.45, 7) is 5.89. The minimum absolute atomic E-state index is 0.0819. The highest BCUT2D eigenvalue weighted by molar-refractivity contribution is 5.83. The molecule has 0 spiro atoms. The number of nitrogens with zero attached hydrogens (tertiary/aromatic N) is 2. The largest absolute Gasteiger partial charge is 0.353 e. The number of carbonyl (C=O) groups is 1. The molecule has 0 aliphatic carbocycles. The van der Waals surface area contributed by atoms with Crippen LogP contribution in [0.2, 0.25) is 0 Å². The van der Waals surface area contributed by atoms with Crippen LogP contribution >= 0.6 is 0 Å². The number of benzene rings is 2. The zero-order chi connectivity index (χ0) is 19.9. The van der Waals surface area contributed by atoms with E-state index in [1.54, 1.807) is 0 Å². The summed E-state index contributed by atoms with van der Waals surface area (Å²) in [5.74, 6) is 0.754. The Kier molecular flexibility index (Phi) is 7.24. The van der Waals surface area contributed by atoms with Crippen molar-refractivity contribution in [3.63, 3.8) is 0 Å². The molecule has 0 aromatic heterocycles. The van der Waals surface area contributed by atoms with Crippen molar-refractivity contribution in [1.82, 2.24) is 15.1 Å². The maximum absolute atomic E-state index is 12.8. The molecule has 1 N–H and O–H groups in total. The third kappa shape index (κ3) is 5.21. The molecule has 1 saturated heterocycles. The van der Waals surface area contributed by atoms with E-state index >= 15 is 0 Å². The minimum Gasteiger partial charge on any atom is -0.353 e. The molecular weight excluding hydrogens is 346 g/mol. The number of hydrogen-bond acceptors (Lipinski definition) is 3. The van der Waals surface area contributed by atoms with E-state index in [1.165, 1.54) is 18.4 Å². The minimum atomic E-state index is -0.245. The Morgan fingerprint density at radius 3 is 2.36 bits per heavy atom. The molecule has 1 fully saturated rings. The smallest absolute Gasteiger partial charge is 0.241 e. The quantitative estimate of drug-likeness (QED) is 0.798. The summed E-state index contributed by atoms with van der Waals surface area (Å²) in [6, 6.07) is 18.7. The predicted molar refractivity (Wildman–Crippen MR) is 115 cm³/mol. The van der Waals surface area contributed by atoms with Crippen LogP contribution < -0.4 is 5.32 Å². The van der Waals surface area contributed by atoms with E-state index < -0.39 is 0 Å². The lowest BCUT2D eigenvalue weighted by molar-refractivity contribution is -0.125. The molecule has 1 aliphatic heterocycles. The molecule has 1 amide bonds. The fourth-order valence-electron chi connectivity index (χ4n) is 4.20. The third-order valence-electron chi connectivity index (χ3n) is 5.83. The van der Waals surface area contributed by atoms with Crippen LogP contribution in [0.15, 0.2) is 54.6 Å². The van der Waals surface area contributed by atoms with Crippen molar-refractivity contribution < 1.29 is 4.79 Å². The number of amides is 1. The second kappa shape index (κ2) is 9.85. The first kappa shape index (κ1) is 20.6. The molecule has 0 radical (unpaired) electrons. The molecular formula is C24H33N3O. The van der Waals surface area contributed by atoms with E-state index in [4.69, 9.17) is 0 Å². The van der Waals surface area contributed by atoms with Gasteiger partial charge in [0.2, 0.25) is 5.91 Å². The fourth-order valence-corrected chi connectivity index (χ4v) is 4.20. The first-order chi connectivity index (χ1) is 13.6. The van der Waals surface area contributed by atoms with Crippen LogP contribution in [-0.2, 0) is 4.79 Å². The lowest BCUT2D eigenvalue weighted by Crippen LogP contribution is -2.42. The van der Waals surface area contributed by atoms with Crippen LogP contribution in [-0.4, -0.2) is 56.0 Å². The summed E-state index contributed by atoms with van der Waals surface area (Å²) in [5.41, 5.74) is 3.69. The number of likely N-dealkylation sites (tertiary alicyclic amines) is 1. The van der Waals surface area contributed by atoms with Gasteiger partial charge >= 0.3 is 0 Å². The van der Waals surface area contributed by atoms with Gasteiger partial charge in [0.05, 0.1) is 0 Å². The number of hydrogen-bond donors (Lipinski definition) is 1. The highest BCUT2D eigenvalue weighted by Gasteiger charge is 2.24. The van der Waals surface area contributed by atoms with E-state index in [0.717, 1.165) is 30.8 Å². The van der Waals surface area contributed by atoms with Gasteiger partial charge in [0.15, 0.2) is 0 Å². The van der Waals surface area contributed by atoms with Gasteiger partial charge in [0.1, 0.15) is 6.04 Å². The molecule has 1 atom stereocenters. The Morgan fingerprint density at radius 2 is 1.71 bits per heavy atom. The maximum atomic E-state index is 12.8. The molecule has 0 bridgehead atoms. The molecule has 150 valence electrons. The second-order valence-electron chi connectivity index (χ2n) is 8.04. The summed E-state index contributed by atoms with van der Waals surface area (Å²) in [5, 5.41) is 3.16. The lowest BCUT2D eigenvalue weighted by atomic mass is 9.89. The molecule has 3 rings (SSSR count). The monoisotopic (exact) mass is 379 g/mol. The van der Waals surface area contributed by atoms with Gasteiger partial charge in [-0.25, -0.2) is 0 Å². The first-order valence-electron chi connectivity index (χ1n) is 10.3. The summed E-state index contributed by atoms with van der Waals surface area (Å²) < 4.78 is 0. The normalized spacial score (nSPS) is 16.9. The van der Waals surface area contributed by atoms with Crippen LogP contribution in [0, 0.1) is 6.92 Å². The summed E-state index contributed by atoms with van der Waals surface area (Å²) in [6.07, 6.45) is 2.39. The molecule has 1 aliphatic rings. The third-order valence-corrected chi connectivity index (χ3v) is 5.83. The number of carbonyl (C=O) groups excluding carboxylic acids is 1.